The summed E-state index contributed by atoms with van der Waals surface area (Å²) in [7, 11) is 0. The molecular weight excluding hydrogens is 349 g/mol. The Morgan fingerprint density at radius 2 is 1.85 bits per heavy atom. The third-order valence-corrected chi connectivity index (χ3v) is 6.47. The maximum atomic E-state index is 14.1. The van der Waals surface area contributed by atoms with E-state index in [0.717, 1.165) is 32.1 Å². The Hall–Kier alpha value is -1.66. The van der Waals surface area contributed by atoms with Crippen LogP contribution in [-0.4, -0.2) is 45.9 Å². The molecule has 1 aliphatic heterocycles. The summed E-state index contributed by atoms with van der Waals surface area (Å²) in [6, 6.07) is 2.94. The fourth-order valence-electron chi connectivity index (χ4n) is 4.73. The van der Waals surface area contributed by atoms with Crippen molar-refractivity contribution in [2.45, 2.75) is 45.6 Å². The van der Waals surface area contributed by atoms with Crippen LogP contribution in [0.4, 0.5) is 4.39 Å². The van der Waals surface area contributed by atoms with E-state index in [1.807, 2.05) is 0 Å². The molecule has 0 spiro atoms. The van der Waals surface area contributed by atoms with Crippen LogP contribution in [0.15, 0.2) is 12.1 Å². The highest BCUT2D eigenvalue weighted by Gasteiger charge is 2.34. The molecule has 1 amide bonds. The first-order valence-electron chi connectivity index (χ1n) is 9.95. The van der Waals surface area contributed by atoms with Crippen molar-refractivity contribution in [3.63, 3.8) is 0 Å². The van der Waals surface area contributed by atoms with Gasteiger partial charge in [0.25, 0.3) is 5.91 Å². The summed E-state index contributed by atoms with van der Waals surface area (Å²) in [5.74, 6) is -0.169. The van der Waals surface area contributed by atoms with Crippen LogP contribution in [0, 0.1) is 29.5 Å². The predicted octanol–water partition coefficient (Wildman–Crippen LogP) is 2.92. The van der Waals surface area contributed by atoms with E-state index in [1.165, 1.54) is 6.07 Å². The molecule has 1 aromatic carbocycles. The SMILES string of the molecule is CC(CC(CO)CO)C1CCC(CN2Cc3ccc(O)c(F)c3C2=O)CC1. The van der Waals surface area contributed by atoms with Crippen LogP contribution >= 0.6 is 0 Å². The van der Waals surface area contributed by atoms with Crippen molar-refractivity contribution < 1.29 is 24.5 Å². The molecule has 0 radical (unpaired) electrons. The summed E-state index contributed by atoms with van der Waals surface area (Å²) in [4.78, 5) is 14.2. The monoisotopic (exact) mass is 379 g/mol. The van der Waals surface area contributed by atoms with Gasteiger partial charge in [0.15, 0.2) is 11.6 Å². The van der Waals surface area contributed by atoms with Gasteiger partial charge in [-0.05, 0) is 61.5 Å². The first kappa shape index (κ1) is 20.1. The van der Waals surface area contributed by atoms with E-state index in [4.69, 9.17) is 0 Å². The second-order valence-electron chi connectivity index (χ2n) is 8.34. The lowest BCUT2D eigenvalue weighted by atomic mass is 9.74. The first-order chi connectivity index (χ1) is 12.9. The Kier molecular flexibility index (Phi) is 6.37. The van der Waals surface area contributed by atoms with Crippen LogP contribution in [-0.2, 0) is 6.54 Å². The molecule has 27 heavy (non-hydrogen) atoms. The fourth-order valence-corrected chi connectivity index (χ4v) is 4.73. The van der Waals surface area contributed by atoms with E-state index in [9.17, 15) is 24.5 Å². The minimum atomic E-state index is -0.806. The summed E-state index contributed by atoms with van der Waals surface area (Å²) in [5, 5.41) is 28.1. The van der Waals surface area contributed by atoms with Gasteiger partial charge in [0.05, 0.1) is 5.56 Å². The Morgan fingerprint density at radius 1 is 1.19 bits per heavy atom. The number of carbonyl (C=O) groups excluding carboxylic acids is 1. The summed E-state index contributed by atoms with van der Waals surface area (Å²) < 4.78 is 14.1. The predicted molar refractivity (Wildman–Crippen MR) is 99.7 cm³/mol. The molecule has 0 aromatic heterocycles. The van der Waals surface area contributed by atoms with Gasteiger partial charge in [-0.3, -0.25) is 4.79 Å². The third-order valence-electron chi connectivity index (χ3n) is 6.47. The van der Waals surface area contributed by atoms with Crippen LogP contribution in [0.2, 0.25) is 0 Å². The second-order valence-corrected chi connectivity index (χ2v) is 8.34. The van der Waals surface area contributed by atoms with Crippen molar-refractivity contribution in [3.8, 4) is 5.75 Å². The largest absolute Gasteiger partial charge is 0.505 e. The summed E-state index contributed by atoms with van der Waals surface area (Å²) in [6.45, 7) is 3.29. The van der Waals surface area contributed by atoms with Crippen molar-refractivity contribution in [1.29, 1.82) is 0 Å². The number of phenols is 1. The Morgan fingerprint density at radius 3 is 2.48 bits per heavy atom. The van der Waals surface area contributed by atoms with Crippen molar-refractivity contribution in [2.75, 3.05) is 19.8 Å². The van der Waals surface area contributed by atoms with Crippen LogP contribution < -0.4 is 0 Å². The number of aliphatic hydroxyl groups excluding tert-OH is 2. The minimum absolute atomic E-state index is 0.0244. The molecule has 1 aromatic rings. The van der Waals surface area contributed by atoms with E-state index in [0.29, 0.717) is 36.4 Å². The standard InChI is InChI=1S/C21H30FNO4/c1-13(8-15(11-24)12-25)16-4-2-14(3-5-16)9-23-10-17-6-7-18(26)20(22)19(17)21(23)27/h6-7,13-16,24-26H,2-5,8-12H2,1H3. The number of aromatic hydroxyl groups is 1. The van der Waals surface area contributed by atoms with Gasteiger partial charge in [0, 0.05) is 32.2 Å². The average molecular weight is 379 g/mol. The zero-order valence-electron chi connectivity index (χ0n) is 15.9. The number of rotatable bonds is 7. The van der Waals surface area contributed by atoms with Gasteiger partial charge in [0.2, 0.25) is 0 Å². The average Bonchev–Trinajstić information content (AvgIpc) is 2.99. The van der Waals surface area contributed by atoms with Gasteiger partial charge in [-0.1, -0.05) is 13.0 Å². The zero-order valence-corrected chi connectivity index (χ0v) is 15.9. The first-order valence-corrected chi connectivity index (χ1v) is 9.95. The molecule has 2 aliphatic rings. The molecule has 1 atom stereocenters. The maximum absolute atomic E-state index is 14.1. The molecule has 0 saturated heterocycles. The van der Waals surface area contributed by atoms with Crippen LogP contribution in [0.5, 0.6) is 5.75 Å². The number of aliphatic hydroxyl groups is 2. The number of halogens is 1. The molecule has 0 bridgehead atoms. The second kappa shape index (κ2) is 8.57. The van der Waals surface area contributed by atoms with E-state index in [2.05, 4.69) is 6.92 Å². The number of nitrogens with zero attached hydrogens (tertiary/aromatic N) is 1. The number of phenolic OH excluding ortho intramolecular Hbond substituents is 1. The van der Waals surface area contributed by atoms with Crippen molar-refractivity contribution in [2.24, 2.45) is 23.7 Å². The van der Waals surface area contributed by atoms with Crippen molar-refractivity contribution in [3.05, 3.63) is 29.1 Å². The molecular formula is C21H30FNO4. The smallest absolute Gasteiger partial charge is 0.257 e. The number of hydrogen-bond donors (Lipinski definition) is 3. The molecule has 1 unspecified atom stereocenters. The lowest BCUT2D eigenvalue weighted by Crippen LogP contribution is -2.33. The number of hydrogen-bond acceptors (Lipinski definition) is 4. The van der Waals surface area contributed by atoms with Gasteiger partial charge in [-0.15, -0.1) is 0 Å². The Bertz CT molecular complexity index is 668. The lowest BCUT2D eigenvalue weighted by molar-refractivity contribution is 0.0707. The van der Waals surface area contributed by atoms with E-state index >= 15 is 0 Å². The molecule has 1 heterocycles. The highest BCUT2D eigenvalue weighted by atomic mass is 19.1. The molecule has 6 heteroatoms. The van der Waals surface area contributed by atoms with Gasteiger partial charge in [-0.25, -0.2) is 4.39 Å². The third kappa shape index (κ3) is 4.27. The Balaban J connectivity index is 1.52. The molecule has 3 N–H and O–H groups in total. The van der Waals surface area contributed by atoms with Crippen molar-refractivity contribution in [1.82, 2.24) is 4.90 Å². The zero-order chi connectivity index (χ0) is 19.6. The highest BCUT2D eigenvalue weighted by molar-refractivity contribution is 5.99. The normalized spacial score (nSPS) is 23.7. The lowest BCUT2D eigenvalue weighted by Gasteiger charge is -2.35. The number of benzene rings is 1. The van der Waals surface area contributed by atoms with E-state index in [-0.39, 0.29) is 30.6 Å². The minimum Gasteiger partial charge on any atom is -0.505 e. The number of fused-ring (bicyclic) bond motifs is 1. The molecule has 150 valence electrons. The molecule has 1 fully saturated rings. The molecule has 1 aliphatic carbocycles. The quantitative estimate of drug-likeness (QED) is 0.680. The Labute approximate surface area is 159 Å². The number of amides is 1. The molecule has 1 saturated carbocycles. The fraction of sp³-hybridized carbons (Fsp3) is 0.667. The number of carbonyl (C=O) groups is 1. The topological polar surface area (TPSA) is 81.0 Å². The van der Waals surface area contributed by atoms with Crippen LogP contribution in [0.3, 0.4) is 0 Å². The van der Waals surface area contributed by atoms with Crippen molar-refractivity contribution >= 4 is 5.91 Å². The maximum Gasteiger partial charge on any atom is 0.257 e. The van der Waals surface area contributed by atoms with Crippen LogP contribution in [0.25, 0.3) is 0 Å². The molecule has 5 nitrogen and oxygen atoms in total. The van der Waals surface area contributed by atoms with Gasteiger partial charge in [0.1, 0.15) is 0 Å². The van der Waals surface area contributed by atoms with Gasteiger partial charge in [-0.2, -0.15) is 0 Å². The van der Waals surface area contributed by atoms with Crippen LogP contribution in [0.1, 0.15) is 54.9 Å². The van der Waals surface area contributed by atoms with Gasteiger partial charge >= 0.3 is 0 Å². The summed E-state index contributed by atoms with van der Waals surface area (Å²) in [6.07, 6.45) is 5.07. The van der Waals surface area contributed by atoms with Gasteiger partial charge < -0.3 is 20.2 Å². The molecule has 3 rings (SSSR count). The summed E-state index contributed by atoms with van der Waals surface area (Å²) in [5.41, 5.74) is 0.674. The van der Waals surface area contributed by atoms with E-state index < -0.39 is 11.6 Å². The highest BCUT2D eigenvalue weighted by Crippen LogP contribution is 2.37. The van der Waals surface area contributed by atoms with E-state index in [1.54, 1.807) is 11.0 Å². The summed E-state index contributed by atoms with van der Waals surface area (Å²) >= 11 is 0.